The molecule has 0 heterocycles. The highest BCUT2D eigenvalue weighted by molar-refractivity contribution is 8.14. The number of unbranched alkanes of at least 4 members (excludes halogenated alkanes) is 1. The molecule has 0 saturated carbocycles. The minimum atomic E-state index is 0.0852. The maximum atomic E-state index is 11.9. The summed E-state index contributed by atoms with van der Waals surface area (Å²) in [7, 11) is 0. The fourth-order valence-corrected chi connectivity index (χ4v) is 3.32. The predicted molar refractivity (Wildman–Crippen MR) is 93.5 cm³/mol. The fourth-order valence-electron chi connectivity index (χ4n) is 1.84. The molecule has 1 aromatic carbocycles. The maximum absolute atomic E-state index is 11.9. The van der Waals surface area contributed by atoms with E-state index in [0.717, 1.165) is 36.1 Å². The summed E-state index contributed by atoms with van der Waals surface area (Å²) >= 11 is 6.91. The number of hydrogen-bond donors (Lipinski definition) is 0. The Morgan fingerprint density at radius 2 is 2.00 bits per heavy atom. The van der Waals surface area contributed by atoms with Gasteiger partial charge in [-0.05, 0) is 30.9 Å². The summed E-state index contributed by atoms with van der Waals surface area (Å²) < 4.78 is 0. The largest absolute Gasteiger partial charge is 0.282 e. The topological polar surface area (TPSA) is 17.1 Å². The average Bonchev–Trinajstić information content (AvgIpc) is 2.45. The lowest BCUT2D eigenvalue weighted by atomic mass is 10.0. The molecule has 0 N–H and O–H groups in total. The summed E-state index contributed by atoms with van der Waals surface area (Å²) in [5.74, 6) is 0. The summed E-state index contributed by atoms with van der Waals surface area (Å²) in [6, 6.07) is 10.0. The SMILES string of the molecule is C=C(C)C(=O)SC(CCCC)CC(=S)c1ccccc1. The van der Waals surface area contributed by atoms with Crippen LogP contribution in [0.4, 0.5) is 0 Å². The lowest BCUT2D eigenvalue weighted by molar-refractivity contribution is -0.107. The van der Waals surface area contributed by atoms with Crippen molar-refractivity contribution in [1.29, 1.82) is 0 Å². The Kier molecular flexibility index (Phi) is 7.78. The molecule has 3 heteroatoms. The van der Waals surface area contributed by atoms with E-state index in [1.54, 1.807) is 6.92 Å². The molecule has 0 aromatic heterocycles. The van der Waals surface area contributed by atoms with Crippen LogP contribution in [0.2, 0.25) is 0 Å². The van der Waals surface area contributed by atoms with Crippen molar-refractivity contribution < 1.29 is 4.79 Å². The molecule has 0 aliphatic heterocycles. The average molecular weight is 306 g/mol. The van der Waals surface area contributed by atoms with Gasteiger partial charge in [-0.1, -0.05) is 80.7 Å². The van der Waals surface area contributed by atoms with Crippen molar-refractivity contribution in [3.63, 3.8) is 0 Å². The first-order valence-electron chi connectivity index (χ1n) is 6.99. The fraction of sp³-hybridized carbons (Fsp3) is 0.412. The van der Waals surface area contributed by atoms with Gasteiger partial charge < -0.3 is 0 Å². The third-order valence-electron chi connectivity index (χ3n) is 3.01. The number of rotatable bonds is 8. The van der Waals surface area contributed by atoms with Gasteiger partial charge in [0.25, 0.3) is 0 Å². The van der Waals surface area contributed by atoms with Crippen LogP contribution in [0.5, 0.6) is 0 Å². The minimum absolute atomic E-state index is 0.0852. The first-order valence-corrected chi connectivity index (χ1v) is 8.28. The molecule has 0 bridgehead atoms. The first kappa shape index (κ1) is 17.1. The summed E-state index contributed by atoms with van der Waals surface area (Å²) in [6.45, 7) is 7.65. The number of thiocarbonyl (C=S) groups is 1. The van der Waals surface area contributed by atoms with E-state index in [1.165, 1.54) is 11.8 Å². The second kappa shape index (κ2) is 9.09. The molecule has 0 radical (unpaired) electrons. The predicted octanol–water partition coefficient (Wildman–Crippen LogP) is 5.19. The Hall–Kier alpha value is -0.930. The molecule has 0 spiro atoms. The molecule has 20 heavy (non-hydrogen) atoms. The van der Waals surface area contributed by atoms with Crippen molar-refractivity contribution in [3.05, 3.63) is 48.0 Å². The molecule has 1 atom stereocenters. The molecule has 0 aliphatic rings. The van der Waals surface area contributed by atoms with Crippen LogP contribution in [0.15, 0.2) is 42.5 Å². The monoisotopic (exact) mass is 306 g/mol. The van der Waals surface area contributed by atoms with Gasteiger partial charge in [0, 0.05) is 10.1 Å². The highest BCUT2D eigenvalue weighted by atomic mass is 32.2. The molecule has 0 fully saturated rings. The van der Waals surface area contributed by atoms with Crippen LogP contribution in [0.3, 0.4) is 0 Å². The molecule has 1 rings (SSSR count). The normalized spacial score (nSPS) is 11.9. The van der Waals surface area contributed by atoms with Crippen molar-refractivity contribution in [2.75, 3.05) is 0 Å². The molecule has 108 valence electrons. The second-order valence-corrected chi connectivity index (χ2v) is 6.71. The summed E-state index contributed by atoms with van der Waals surface area (Å²) in [5, 5.41) is 0.342. The van der Waals surface area contributed by atoms with Crippen LogP contribution in [0.1, 0.15) is 45.1 Å². The van der Waals surface area contributed by atoms with Crippen LogP contribution < -0.4 is 0 Å². The first-order chi connectivity index (χ1) is 9.54. The molecule has 0 aliphatic carbocycles. The van der Waals surface area contributed by atoms with E-state index in [9.17, 15) is 4.79 Å². The molecular formula is C17H22OS2. The maximum Gasteiger partial charge on any atom is 0.214 e. The Balaban J connectivity index is 2.66. The number of thioether (sulfide) groups is 1. The lowest BCUT2D eigenvalue weighted by Gasteiger charge is -2.16. The summed E-state index contributed by atoms with van der Waals surface area (Å²) in [6.07, 6.45) is 4.06. The van der Waals surface area contributed by atoms with E-state index in [2.05, 4.69) is 13.5 Å². The third kappa shape index (κ3) is 6.02. The summed E-state index contributed by atoms with van der Waals surface area (Å²) in [4.78, 5) is 12.8. The van der Waals surface area contributed by atoms with E-state index in [0.29, 0.717) is 5.57 Å². The molecular weight excluding hydrogens is 284 g/mol. The van der Waals surface area contributed by atoms with Crippen LogP contribution >= 0.6 is 24.0 Å². The van der Waals surface area contributed by atoms with E-state index in [1.807, 2.05) is 30.3 Å². The standard InChI is InChI=1S/C17H22OS2/c1-4-5-11-15(20-17(18)13(2)3)12-16(19)14-9-7-6-8-10-14/h6-10,15H,2,4-5,11-12H2,1,3H3. The van der Waals surface area contributed by atoms with Gasteiger partial charge in [0.2, 0.25) is 5.12 Å². The Morgan fingerprint density at radius 1 is 1.35 bits per heavy atom. The Morgan fingerprint density at radius 3 is 2.55 bits per heavy atom. The number of hydrogen-bond acceptors (Lipinski definition) is 3. The molecule has 0 amide bonds. The van der Waals surface area contributed by atoms with Crippen molar-refractivity contribution in [3.8, 4) is 0 Å². The molecule has 1 aromatic rings. The smallest absolute Gasteiger partial charge is 0.214 e. The number of carbonyl (C=O) groups is 1. The van der Waals surface area contributed by atoms with Crippen molar-refractivity contribution in [2.24, 2.45) is 0 Å². The third-order valence-corrected chi connectivity index (χ3v) is 4.71. The van der Waals surface area contributed by atoms with Crippen molar-refractivity contribution in [1.82, 2.24) is 0 Å². The minimum Gasteiger partial charge on any atom is -0.282 e. The van der Waals surface area contributed by atoms with E-state index in [4.69, 9.17) is 12.2 Å². The molecule has 0 saturated heterocycles. The van der Waals surface area contributed by atoms with Crippen molar-refractivity contribution >= 4 is 34.0 Å². The number of carbonyl (C=O) groups excluding carboxylic acids is 1. The highest BCUT2D eigenvalue weighted by Gasteiger charge is 2.17. The van der Waals surface area contributed by atoms with Gasteiger partial charge in [0.15, 0.2) is 0 Å². The van der Waals surface area contributed by atoms with Gasteiger partial charge in [0.1, 0.15) is 0 Å². The van der Waals surface area contributed by atoms with Gasteiger partial charge in [-0.25, -0.2) is 0 Å². The summed E-state index contributed by atoms with van der Waals surface area (Å²) in [5.41, 5.74) is 1.70. The Labute approximate surface area is 131 Å². The van der Waals surface area contributed by atoms with Gasteiger partial charge in [-0.3, -0.25) is 4.79 Å². The van der Waals surface area contributed by atoms with Crippen molar-refractivity contribution in [2.45, 2.75) is 44.8 Å². The molecule has 1 nitrogen and oxygen atoms in total. The van der Waals surface area contributed by atoms with E-state index < -0.39 is 0 Å². The zero-order chi connectivity index (χ0) is 15.0. The van der Waals surface area contributed by atoms with Gasteiger partial charge >= 0.3 is 0 Å². The highest BCUT2D eigenvalue weighted by Crippen LogP contribution is 2.25. The number of benzene rings is 1. The lowest BCUT2D eigenvalue weighted by Crippen LogP contribution is -2.13. The van der Waals surface area contributed by atoms with E-state index in [-0.39, 0.29) is 10.4 Å². The van der Waals surface area contributed by atoms with Crippen LogP contribution in [0.25, 0.3) is 0 Å². The van der Waals surface area contributed by atoms with Gasteiger partial charge in [-0.2, -0.15) is 0 Å². The molecule has 1 unspecified atom stereocenters. The zero-order valence-corrected chi connectivity index (χ0v) is 13.9. The van der Waals surface area contributed by atoms with Crippen LogP contribution in [0, 0.1) is 0 Å². The zero-order valence-electron chi connectivity index (χ0n) is 12.2. The van der Waals surface area contributed by atoms with E-state index >= 15 is 0 Å². The van der Waals surface area contributed by atoms with Crippen LogP contribution in [-0.4, -0.2) is 15.2 Å². The second-order valence-electron chi connectivity index (χ2n) is 4.94. The quantitative estimate of drug-likeness (QED) is 0.374. The van der Waals surface area contributed by atoms with Crippen LogP contribution in [-0.2, 0) is 4.79 Å². The Bertz CT molecular complexity index is 465. The van der Waals surface area contributed by atoms with Gasteiger partial charge in [0.05, 0.1) is 0 Å². The van der Waals surface area contributed by atoms with Gasteiger partial charge in [-0.15, -0.1) is 0 Å².